The van der Waals surface area contributed by atoms with E-state index in [1.165, 1.54) is 6.07 Å². The maximum Gasteiger partial charge on any atom is 0.417 e. The first kappa shape index (κ1) is 15.0. The number of aromatic nitrogens is 4. The molecule has 0 amide bonds. The van der Waals surface area contributed by atoms with Gasteiger partial charge in [0, 0.05) is 11.8 Å². The second-order valence-electron chi connectivity index (χ2n) is 4.67. The Bertz CT molecular complexity index is 812. The van der Waals surface area contributed by atoms with Gasteiger partial charge in [-0.2, -0.15) is 18.3 Å². The average molecular weight is 320 g/mol. The highest BCUT2D eigenvalue weighted by molar-refractivity contribution is 5.60. The second-order valence-corrected chi connectivity index (χ2v) is 4.67. The van der Waals surface area contributed by atoms with Crippen molar-refractivity contribution in [3.05, 3.63) is 48.2 Å². The van der Waals surface area contributed by atoms with Gasteiger partial charge in [-0.25, -0.2) is 4.98 Å². The van der Waals surface area contributed by atoms with Crippen molar-refractivity contribution >= 4 is 0 Å². The lowest BCUT2D eigenvalue weighted by Crippen LogP contribution is -2.05. The highest BCUT2D eigenvalue weighted by Crippen LogP contribution is 2.29. The Morgan fingerprint density at radius 2 is 1.96 bits per heavy atom. The Labute approximate surface area is 129 Å². The summed E-state index contributed by atoms with van der Waals surface area (Å²) in [7, 11) is 1.55. The molecule has 0 aliphatic rings. The summed E-state index contributed by atoms with van der Waals surface area (Å²) in [6.45, 7) is 0. The zero-order valence-corrected chi connectivity index (χ0v) is 11.9. The summed E-state index contributed by atoms with van der Waals surface area (Å²) in [5.41, 5.74) is 0.184. The summed E-state index contributed by atoms with van der Waals surface area (Å²) in [4.78, 5) is 8.02. The Kier molecular flexibility index (Phi) is 3.73. The summed E-state index contributed by atoms with van der Waals surface area (Å²) in [5.74, 6) is 1.35. The fraction of sp³-hybridized carbons (Fsp3) is 0.133. The molecule has 0 spiro atoms. The number of alkyl halides is 3. The van der Waals surface area contributed by atoms with Crippen LogP contribution in [0.15, 0.2) is 42.6 Å². The van der Waals surface area contributed by atoms with E-state index in [1.807, 2.05) is 6.07 Å². The molecule has 118 valence electrons. The van der Waals surface area contributed by atoms with Crippen LogP contribution >= 0.6 is 0 Å². The number of pyridine rings is 1. The Morgan fingerprint density at radius 3 is 2.61 bits per heavy atom. The number of nitrogens with one attached hydrogen (secondary N) is 1. The number of methoxy groups -OCH3 is 1. The molecule has 3 aromatic rings. The molecule has 0 bridgehead atoms. The van der Waals surface area contributed by atoms with Gasteiger partial charge in [0.15, 0.2) is 11.6 Å². The minimum Gasteiger partial charge on any atom is -0.497 e. The van der Waals surface area contributed by atoms with Crippen molar-refractivity contribution in [2.24, 2.45) is 0 Å². The molecule has 0 aliphatic carbocycles. The van der Waals surface area contributed by atoms with Crippen molar-refractivity contribution in [2.45, 2.75) is 6.18 Å². The molecular formula is C15H11F3N4O. The van der Waals surface area contributed by atoms with Crippen molar-refractivity contribution in [3.63, 3.8) is 0 Å². The van der Waals surface area contributed by atoms with E-state index in [0.717, 1.165) is 17.8 Å². The van der Waals surface area contributed by atoms with Crippen LogP contribution in [0.2, 0.25) is 0 Å². The fourth-order valence-electron chi connectivity index (χ4n) is 1.97. The molecule has 2 heterocycles. The van der Waals surface area contributed by atoms with Crippen LogP contribution < -0.4 is 4.74 Å². The van der Waals surface area contributed by atoms with Gasteiger partial charge in [-0.15, -0.1) is 0 Å². The molecule has 0 saturated heterocycles. The predicted molar refractivity (Wildman–Crippen MR) is 76.6 cm³/mol. The van der Waals surface area contributed by atoms with E-state index in [9.17, 15) is 13.2 Å². The van der Waals surface area contributed by atoms with Crippen LogP contribution in [0.4, 0.5) is 13.2 Å². The largest absolute Gasteiger partial charge is 0.497 e. The van der Waals surface area contributed by atoms with Crippen LogP contribution in [0.25, 0.3) is 22.9 Å². The SMILES string of the molecule is COc1cccc(-c2nc(-c3ccc(C(F)(F)F)cn3)n[nH]2)c1. The van der Waals surface area contributed by atoms with Gasteiger partial charge < -0.3 is 4.74 Å². The first-order chi connectivity index (χ1) is 11.0. The molecule has 0 aliphatic heterocycles. The smallest absolute Gasteiger partial charge is 0.417 e. The Morgan fingerprint density at radius 1 is 1.13 bits per heavy atom. The lowest BCUT2D eigenvalue weighted by Gasteiger charge is -2.05. The summed E-state index contributed by atoms with van der Waals surface area (Å²) < 4.78 is 42.7. The van der Waals surface area contributed by atoms with E-state index in [-0.39, 0.29) is 11.5 Å². The van der Waals surface area contributed by atoms with Gasteiger partial charge >= 0.3 is 6.18 Å². The zero-order valence-electron chi connectivity index (χ0n) is 11.9. The quantitative estimate of drug-likeness (QED) is 0.801. The number of rotatable bonds is 3. The first-order valence-corrected chi connectivity index (χ1v) is 6.58. The first-order valence-electron chi connectivity index (χ1n) is 6.58. The normalized spacial score (nSPS) is 11.5. The Balaban J connectivity index is 1.89. The van der Waals surface area contributed by atoms with Crippen LogP contribution in [-0.4, -0.2) is 27.3 Å². The van der Waals surface area contributed by atoms with E-state index in [4.69, 9.17) is 4.74 Å². The maximum absolute atomic E-state index is 12.5. The molecule has 0 saturated carbocycles. The molecule has 0 fully saturated rings. The summed E-state index contributed by atoms with van der Waals surface area (Å²) in [6, 6.07) is 9.35. The summed E-state index contributed by atoms with van der Waals surface area (Å²) in [5, 5.41) is 6.73. The number of aromatic amines is 1. The third-order valence-electron chi connectivity index (χ3n) is 3.15. The van der Waals surface area contributed by atoms with Gasteiger partial charge in [-0.3, -0.25) is 10.1 Å². The van der Waals surface area contributed by atoms with Crippen LogP contribution in [-0.2, 0) is 6.18 Å². The van der Waals surface area contributed by atoms with Gasteiger partial charge in [0.2, 0.25) is 0 Å². The minimum atomic E-state index is -4.42. The number of hydrogen-bond acceptors (Lipinski definition) is 4. The highest BCUT2D eigenvalue weighted by Gasteiger charge is 2.30. The topological polar surface area (TPSA) is 63.7 Å². The van der Waals surface area contributed by atoms with Gasteiger partial charge in [-0.05, 0) is 24.3 Å². The van der Waals surface area contributed by atoms with Crippen LogP contribution in [0, 0.1) is 0 Å². The van der Waals surface area contributed by atoms with Crippen molar-refractivity contribution in [1.29, 1.82) is 0 Å². The number of benzene rings is 1. The second kappa shape index (κ2) is 5.71. The number of nitrogens with zero attached hydrogens (tertiary/aromatic N) is 3. The maximum atomic E-state index is 12.5. The summed E-state index contributed by atoms with van der Waals surface area (Å²) in [6.07, 6.45) is -3.66. The standard InChI is InChI=1S/C15H11F3N4O/c1-23-11-4-2-3-9(7-11)13-20-14(22-21-13)12-6-5-10(8-19-12)15(16,17)18/h2-8H,1H3,(H,20,21,22). The predicted octanol–water partition coefficient (Wildman–Crippen LogP) is 3.56. The van der Waals surface area contributed by atoms with Crippen LogP contribution in [0.5, 0.6) is 5.75 Å². The van der Waals surface area contributed by atoms with E-state index in [2.05, 4.69) is 20.2 Å². The molecule has 1 aromatic carbocycles. The summed E-state index contributed by atoms with van der Waals surface area (Å²) >= 11 is 0. The van der Waals surface area contributed by atoms with Gasteiger partial charge in [0.1, 0.15) is 11.4 Å². The molecule has 1 N–H and O–H groups in total. The van der Waals surface area contributed by atoms with Gasteiger partial charge in [-0.1, -0.05) is 12.1 Å². The highest BCUT2D eigenvalue weighted by atomic mass is 19.4. The lowest BCUT2D eigenvalue weighted by molar-refractivity contribution is -0.137. The molecule has 2 aromatic heterocycles. The molecule has 3 rings (SSSR count). The lowest BCUT2D eigenvalue weighted by atomic mass is 10.2. The number of ether oxygens (including phenoxy) is 1. The van der Waals surface area contributed by atoms with E-state index >= 15 is 0 Å². The van der Waals surface area contributed by atoms with Crippen molar-refractivity contribution in [1.82, 2.24) is 20.2 Å². The Hall–Kier alpha value is -2.90. The van der Waals surface area contributed by atoms with Gasteiger partial charge in [0.05, 0.1) is 12.7 Å². The molecule has 8 heteroatoms. The van der Waals surface area contributed by atoms with Crippen molar-refractivity contribution in [3.8, 4) is 28.7 Å². The molecule has 0 unspecified atom stereocenters. The fourth-order valence-corrected chi connectivity index (χ4v) is 1.97. The van der Waals surface area contributed by atoms with E-state index in [0.29, 0.717) is 11.6 Å². The molecular weight excluding hydrogens is 309 g/mol. The molecule has 5 nitrogen and oxygen atoms in total. The van der Waals surface area contributed by atoms with Crippen LogP contribution in [0.1, 0.15) is 5.56 Å². The monoisotopic (exact) mass is 320 g/mol. The number of hydrogen-bond donors (Lipinski definition) is 1. The van der Waals surface area contributed by atoms with Crippen molar-refractivity contribution in [2.75, 3.05) is 7.11 Å². The minimum absolute atomic E-state index is 0.219. The third-order valence-corrected chi connectivity index (χ3v) is 3.15. The van der Waals surface area contributed by atoms with Crippen LogP contribution in [0.3, 0.4) is 0 Å². The third kappa shape index (κ3) is 3.15. The van der Waals surface area contributed by atoms with E-state index in [1.54, 1.807) is 25.3 Å². The number of H-pyrrole nitrogens is 1. The van der Waals surface area contributed by atoms with Gasteiger partial charge in [0.25, 0.3) is 0 Å². The molecule has 0 radical (unpaired) electrons. The van der Waals surface area contributed by atoms with Crippen molar-refractivity contribution < 1.29 is 17.9 Å². The van der Waals surface area contributed by atoms with E-state index < -0.39 is 11.7 Å². The molecule has 23 heavy (non-hydrogen) atoms. The molecule has 0 atom stereocenters. The average Bonchev–Trinajstić information content (AvgIpc) is 3.04. The zero-order chi connectivity index (χ0) is 16.4. The number of halogens is 3.